The van der Waals surface area contributed by atoms with Gasteiger partial charge in [0.2, 0.25) is 5.91 Å². The molecule has 0 fully saturated rings. The van der Waals surface area contributed by atoms with Crippen molar-refractivity contribution < 1.29 is 19.1 Å². The zero-order valence-electron chi connectivity index (χ0n) is 18.3. The number of ether oxygens (including phenoxy) is 2. The first-order chi connectivity index (χ1) is 14.5. The summed E-state index contributed by atoms with van der Waals surface area (Å²) in [6.07, 6.45) is 1.46. The zero-order chi connectivity index (χ0) is 21.9. The summed E-state index contributed by atoms with van der Waals surface area (Å²) < 4.78 is 10.9. The average Bonchev–Trinajstić information content (AvgIpc) is 2.78. The van der Waals surface area contributed by atoms with E-state index in [9.17, 15) is 9.59 Å². The topological polar surface area (TPSA) is 67.9 Å². The van der Waals surface area contributed by atoms with E-state index in [0.29, 0.717) is 25.3 Å². The standard InChI is InChI=1S/C24H32N2O4/c1-5-18-8-14-21(15-9-18)30-17-23(27)26(22(6-2)24(28)25-7-3)16-19-10-12-20(29-4)13-11-19/h8-15,22H,5-7,16-17H2,1-4H3,(H,25,28)/t22-/m0/s1. The van der Waals surface area contributed by atoms with E-state index in [0.717, 1.165) is 17.7 Å². The van der Waals surface area contributed by atoms with Crippen LogP contribution in [0, 0.1) is 0 Å². The predicted octanol–water partition coefficient (Wildman–Crippen LogP) is 3.58. The maximum absolute atomic E-state index is 13.1. The molecular formula is C24H32N2O4. The van der Waals surface area contributed by atoms with Crippen LogP contribution in [-0.4, -0.2) is 43.0 Å². The molecule has 1 atom stereocenters. The van der Waals surface area contributed by atoms with Gasteiger partial charge in [-0.25, -0.2) is 0 Å². The van der Waals surface area contributed by atoms with Gasteiger partial charge in [0.1, 0.15) is 17.5 Å². The predicted molar refractivity (Wildman–Crippen MR) is 118 cm³/mol. The molecule has 2 amide bonds. The molecule has 0 aliphatic carbocycles. The number of aryl methyl sites for hydroxylation is 1. The van der Waals surface area contributed by atoms with E-state index in [2.05, 4.69) is 12.2 Å². The number of nitrogens with one attached hydrogen (secondary N) is 1. The fourth-order valence-corrected chi connectivity index (χ4v) is 3.19. The third-order valence-electron chi connectivity index (χ3n) is 4.94. The molecule has 6 heteroatoms. The highest BCUT2D eigenvalue weighted by Gasteiger charge is 2.28. The van der Waals surface area contributed by atoms with E-state index in [4.69, 9.17) is 9.47 Å². The first-order valence-electron chi connectivity index (χ1n) is 10.4. The van der Waals surface area contributed by atoms with E-state index < -0.39 is 6.04 Å². The van der Waals surface area contributed by atoms with E-state index in [1.807, 2.05) is 62.4 Å². The summed E-state index contributed by atoms with van der Waals surface area (Å²) in [6.45, 7) is 6.55. The van der Waals surface area contributed by atoms with E-state index in [1.54, 1.807) is 12.0 Å². The molecule has 6 nitrogen and oxygen atoms in total. The van der Waals surface area contributed by atoms with Crippen LogP contribution in [0.15, 0.2) is 48.5 Å². The van der Waals surface area contributed by atoms with Gasteiger partial charge in [-0.2, -0.15) is 0 Å². The van der Waals surface area contributed by atoms with Gasteiger partial charge in [-0.15, -0.1) is 0 Å². The summed E-state index contributed by atoms with van der Waals surface area (Å²) in [7, 11) is 1.61. The molecule has 162 valence electrons. The minimum atomic E-state index is -0.564. The fourth-order valence-electron chi connectivity index (χ4n) is 3.19. The van der Waals surface area contributed by atoms with Crippen LogP contribution in [0.1, 0.15) is 38.3 Å². The van der Waals surface area contributed by atoms with Gasteiger partial charge in [-0.1, -0.05) is 38.1 Å². The number of carbonyl (C=O) groups is 2. The van der Waals surface area contributed by atoms with Crippen molar-refractivity contribution in [1.82, 2.24) is 10.2 Å². The van der Waals surface area contributed by atoms with Gasteiger partial charge in [0.05, 0.1) is 7.11 Å². The van der Waals surface area contributed by atoms with Crippen molar-refractivity contribution in [2.45, 2.75) is 46.2 Å². The van der Waals surface area contributed by atoms with Crippen LogP contribution in [0.25, 0.3) is 0 Å². The lowest BCUT2D eigenvalue weighted by Gasteiger charge is -2.30. The highest BCUT2D eigenvalue weighted by Crippen LogP contribution is 2.17. The monoisotopic (exact) mass is 412 g/mol. The molecule has 0 aliphatic heterocycles. The number of methoxy groups -OCH3 is 1. The lowest BCUT2D eigenvalue weighted by molar-refractivity contribution is -0.142. The van der Waals surface area contributed by atoms with Crippen LogP contribution in [0.2, 0.25) is 0 Å². The summed E-state index contributed by atoms with van der Waals surface area (Å²) in [5, 5.41) is 2.83. The van der Waals surface area contributed by atoms with Crippen LogP contribution in [-0.2, 0) is 22.6 Å². The van der Waals surface area contributed by atoms with Gasteiger partial charge in [0, 0.05) is 13.1 Å². The van der Waals surface area contributed by atoms with Gasteiger partial charge >= 0.3 is 0 Å². The maximum atomic E-state index is 13.1. The van der Waals surface area contributed by atoms with Gasteiger partial charge in [0.15, 0.2) is 6.61 Å². The Morgan fingerprint density at radius 3 is 2.07 bits per heavy atom. The number of hydrogen-bond acceptors (Lipinski definition) is 4. The number of nitrogens with zero attached hydrogens (tertiary/aromatic N) is 1. The number of benzene rings is 2. The summed E-state index contributed by atoms with van der Waals surface area (Å²) in [5.74, 6) is 0.986. The van der Waals surface area contributed by atoms with E-state index in [-0.39, 0.29) is 18.4 Å². The fraction of sp³-hybridized carbons (Fsp3) is 0.417. The second-order valence-corrected chi connectivity index (χ2v) is 6.97. The summed E-state index contributed by atoms with van der Waals surface area (Å²) in [6, 6.07) is 14.6. The number of likely N-dealkylation sites (N-methyl/N-ethyl adjacent to an activating group) is 1. The van der Waals surface area contributed by atoms with Crippen molar-refractivity contribution in [1.29, 1.82) is 0 Å². The molecule has 0 bridgehead atoms. The molecule has 0 saturated heterocycles. The van der Waals surface area contributed by atoms with E-state index in [1.165, 1.54) is 5.56 Å². The second-order valence-electron chi connectivity index (χ2n) is 6.97. The normalized spacial score (nSPS) is 11.5. The van der Waals surface area contributed by atoms with Crippen LogP contribution in [0.5, 0.6) is 11.5 Å². The summed E-state index contributed by atoms with van der Waals surface area (Å²) in [5.41, 5.74) is 2.12. The Bertz CT molecular complexity index is 803. The van der Waals surface area contributed by atoms with Gasteiger partial charge in [-0.05, 0) is 55.2 Å². The van der Waals surface area contributed by atoms with Gasteiger partial charge < -0.3 is 19.7 Å². The summed E-state index contributed by atoms with van der Waals surface area (Å²) >= 11 is 0. The van der Waals surface area contributed by atoms with Gasteiger partial charge in [0.25, 0.3) is 5.91 Å². The zero-order valence-corrected chi connectivity index (χ0v) is 18.3. The third-order valence-corrected chi connectivity index (χ3v) is 4.94. The van der Waals surface area contributed by atoms with Crippen LogP contribution in [0.3, 0.4) is 0 Å². The van der Waals surface area contributed by atoms with Crippen molar-refractivity contribution in [3.8, 4) is 11.5 Å². The lowest BCUT2D eigenvalue weighted by Crippen LogP contribution is -2.50. The number of hydrogen-bond donors (Lipinski definition) is 1. The maximum Gasteiger partial charge on any atom is 0.261 e. The molecule has 0 radical (unpaired) electrons. The molecule has 0 unspecified atom stereocenters. The number of rotatable bonds is 11. The minimum absolute atomic E-state index is 0.127. The highest BCUT2D eigenvalue weighted by atomic mass is 16.5. The van der Waals surface area contributed by atoms with E-state index >= 15 is 0 Å². The third kappa shape index (κ3) is 6.51. The lowest BCUT2D eigenvalue weighted by atomic mass is 10.1. The Hall–Kier alpha value is -3.02. The first-order valence-corrected chi connectivity index (χ1v) is 10.4. The van der Waals surface area contributed by atoms with Crippen molar-refractivity contribution in [3.63, 3.8) is 0 Å². The van der Waals surface area contributed by atoms with Crippen molar-refractivity contribution in [2.24, 2.45) is 0 Å². The molecule has 2 aromatic carbocycles. The molecule has 0 heterocycles. The average molecular weight is 413 g/mol. The molecule has 2 aromatic rings. The molecule has 1 N–H and O–H groups in total. The van der Waals surface area contributed by atoms with Crippen molar-refractivity contribution >= 4 is 11.8 Å². The largest absolute Gasteiger partial charge is 0.497 e. The second kappa shape index (κ2) is 11.9. The Labute approximate surface area is 179 Å². The molecule has 0 saturated carbocycles. The van der Waals surface area contributed by atoms with Crippen LogP contribution < -0.4 is 14.8 Å². The van der Waals surface area contributed by atoms with Crippen molar-refractivity contribution in [3.05, 3.63) is 59.7 Å². The van der Waals surface area contributed by atoms with Crippen LogP contribution in [0.4, 0.5) is 0 Å². The van der Waals surface area contributed by atoms with Crippen LogP contribution >= 0.6 is 0 Å². The molecular weight excluding hydrogens is 380 g/mol. The quantitative estimate of drug-likeness (QED) is 0.613. The smallest absolute Gasteiger partial charge is 0.261 e. The Balaban J connectivity index is 2.16. The molecule has 0 aromatic heterocycles. The highest BCUT2D eigenvalue weighted by molar-refractivity contribution is 5.88. The first kappa shape index (κ1) is 23.3. The number of carbonyl (C=O) groups excluding carboxylic acids is 2. The summed E-state index contributed by atoms with van der Waals surface area (Å²) in [4.78, 5) is 27.3. The van der Waals surface area contributed by atoms with Gasteiger partial charge in [-0.3, -0.25) is 9.59 Å². The Kier molecular flexibility index (Phi) is 9.19. The Morgan fingerprint density at radius 1 is 0.933 bits per heavy atom. The SMILES string of the molecule is CCNC(=O)[C@H](CC)N(Cc1ccc(OC)cc1)C(=O)COc1ccc(CC)cc1. The molecule has 30 heavy (non-hydrogen) atoms. The van der Waals surface area contributed by atoms with Crippen molar-refractivity contribution in [2.75, 3.05) is 20.3 Å². The number of amides is 2. The molecule has 2 rings (SSSR count). The Morgan fingerprint density at radius 2 is 1.53 bits per heavy atom. The minimum Gasteiger partial charge on any atom is -0.497 e. The molecule has 0 aliphatic rings. The molecule has 0 spiro atoms.